The first-order chi connectivity index (χ1) is 13.0. The monoisotopic (exact) mass is 378 g/mol. The Morgan fingerprint density at radius 1 is 1.11 bits per heavy atom. The summed E-state index contributed by atoms with van der Waals surface area (Å²) in [5, 5.41) is -0.130. The Balaban J connectivity index is 1.46. The fourth-order valence-electron chi connectivity index (χ4n) is 3.09. The van der Waals surface area contributed by atoms with Crippen LogP contribution in [-0.4, -0.2) is 41.8 Å². The minimum absolute atomic E-state index is 0.130. The summed E-state index contributed by atoms with van der Waals surface area (Å²) in [4.78, 5) is 31.0. The zero-order valence-electron chi connectivity index (χ0n) is 15.0. The van der Waals surface area contributed by atoms with Crippen LogP contribution in [0.2, 0.25) is 0 Å². The number of nitrogens with zero attached hydrogens (tertiary/aromatic N) is 2. The van der Waals surface area contributed by atoms with Gasteiger partial charge in [0.25, 0.3) is 0 Å². The van der Waals surface area contributed by atoms with Gasteiger partial charge in [0.1, 0.15) is 11.8 Å². The summed E-state index contributed by atoms with van der Waals surface area (Å²) in [6, 6.07) is 14.7. The number of para-hydroxylation sites is 1. The molecule has 0 saturated carbocycles. The Morgan fingerprint density at radius 2 is 1.85 bits per heavy atom. The number of thioether (sulfide) groups is 1. The predicted octanol–water partition coefficient (Wildman–Crippen LogP) is 3.47. The summed E-state index contributed by atoms with van der Waals surface area (Å²) in [5.74, 6) is 1.22. The average Bonchev–Trinajstić information content (AvgIpc) is 3.16. The molecule has 6 heteroatoms. The zero-order valence-corrected chi connectivity index (χ0v) is 15.8. The maximum atomic E-state index is 12.4. The van der Waals surface area contributed by atoms with Crippen LogP contribution in [0.3, 0.4) is 0 Å². The summed E-state index contributed by atoms with van der Waals surface area (Å²) in [6.07, 6.45) is 2.43. The maximum Gasteiger partial charge on any atom is 0.218 e. The second-order valence-corrected chi connectivity index (χ2v) is 7.69. The number of fused-ring (bicyclic) bond motifs is 1. The van der Waals surface area contributed by atoms with Crippen LogP contribution in [0.4, 0.5) is 5.69 Å². The van der Waals surface area contributed by atoms with Gasteiger partial charge in [-0.3, -0.25) is 14.5 Å². The van der Waals surface area contributed by atoms with E-state index in [-0.39, 0.29) is 10.9 Å². The Morgan fingerprint density at radius 3 is 2.52 bits per heavy atom. The van der Waals surface area contributed by atoms with Crippen molar-refractivity contribution in [3.8, 4) is 5.75 Å². The highest BCUT2D eigenvalue weighted by Gasteiger charge is 2.39. The van der Waals surface area contributed by atoms with Crippen LogP contribution in [0.15, 0.2) is 58.4 Å². The maximum absolute atomic E-state index is 12.4. The molecule has 0 spiro atoms. The molecule has 0 N–H and O–H groups in total. The van der Waals surface area contributed by atoms with Gasteiger partial charge in [0.05, 0.1) is 17.0 Å². The van der Waals surface area contributed by atoms with Gasteiger partial charge < -0.3 is 4.74 Å². The SMILES string of the molecule is CN(C)C1C(=O)S/C(=C\c2ccc(OC3=Nc4ccccc4C3)cc2)C1=O. The molecule has 5 nitrogen and oxygen atoms in total. The number of carbonyl (C=O) groups excluding carboxylic acids is 2. The normalized spacial score (nSPS) is 20.3. The lowest BCUT2D eigenvalue weighted by Gasteiger charge is -2.13. The van der Waals surface area contributed by atoms with E-state index in [1.165, 1.54) is 0 Å². The third-order valence-corrected chi connectivity index (χ3v) is 5.40. The van der Waals surface area contributed by atoms with E-state index in [4.69, 9.17) is 4.74 Å². The lowest BCUT2D eigenvalue weighted by Crippen LogP contribution is -2.36. The van der Waals surface area contributed by atoms with E-state index in [1.807, 2.05) is 48.5 Å². The van der Waals surface area contributed by atoms with Crippen molar-refractivity contribution in [3.63, 3.8) is 0 Å². The third-order valence-electron chi connectivity index (χ3n) is 4.43. The molecule has 2 aliphatic rings. The molecule has 0 amide bonds. The molecule has 2 heterocycles. The van der Waals surface area contributed by atoms with Gasteiger partial charge in [-0.25, -0.2) is 4.99 Å². The van der Waals surface area contributed by atoms with E-state index in [0.717, 1.165) is 28.6 Å². The minimum atomic E-state index is -0.689. The molecular formula is C21H18N2O3S. The molecule has 0 bridgehead atoms. The number of hydrogen-bond acceptors (Lipinski definition) is 6. The van der Waals surface area contributed by atoms with Gasteiger partial charge >= 0.3 is 0 Å². The highest BCUT2D eigenvalue weighted by atomic mass is 32.2. The molecule has 1 fully saturated rings. The number of ketones is 1. The second kappa shape index (κ2) is 7.13. The van der Waals surface area contributed by atoms with Gasteiger partial charge in [-0.1, -0.05) is 30.3 Å². The quantitative estimate of drug-likeness (QED) is 0.605. The molecule has 27 heavy (non-hydrogen) atoms. The summed E-state index contributed by atoms with van der Waals surface area (Å²) in [5.41, 5.74) is 2.96. The Hall–Kier alpha value is -2.70. The lowest BCUT2D eigenvalue weighted by atomic mass is 10.1. The van der Waals surface area contributed by atoms with Gasteiger partial charge in [0, 0.05) is 0 Å². The van der Waals surface area contributed by atoms with Crippen LogP contribution in [0.25, 0.3) is 6.08 Å². The number of ether oxygens (including phenoxy) is 1. The van der Waals surface area contributed by atoms with Crippen LogP contribution >= 0.6 is 11.8 Å². The Labute approximate surface area is 161 Å². The van der Waals surface area contributed by atoms with Crippen LogP contribution in [0, 0.1) is 0 Å². The Bertz CT molecular complexity index is 977. The van der Waals surface area contributed by atoms with Crippen LogP contribution in [-0.2, 0) is 16.0 Å². The molecule has 1 atom stereocenters. The van der Waals surface area contributed by atoms with Crippen LogP contribution in [0.1, 0.15) is 11.1 Å². The molecule has 1 unspecified atom stereocenters. The number of benzene rings is 2. The summed E-state index contributed by atoms with van der Waals surface area (Å²) in [6.45, 7) is 0. The van der Waals surface area contributed by atoms with E-state index in [1.54, 1.807) is 25.1 Å². The van der Waals surface area contributed by atoms with Gasteiger partial charge in [0.2, 0.25) is 5.12 Å². The molecule has 4 rings (SSSR count). The number of rotatable bonds is 3. The van der Waals surface area contributed by atoms with Crippen molar-refractivity contribution in [3.05, 3.63) is 64.6 Å². The summed E-state index contributed by atoms with van der Waals surface area (Å²) in [7, 11) is 3.47. The third kappa shape index (κ3) is 3.59. The molecule has 2 aromatic rings. The summed E-state index contributed by atoms with van der Waals surface area (Å²) >= 11 is 1.01. The highest BCUT2D eigenvalue weighted by Crippen LogP contribution is 2.33. The minimum Gasteiger partial charge on any atom is -0.443 e. The number of aliphatic imine (C=N–C) groups is 1. The molecule has 136 valence electrons. The van der Waals surface area contributed by atoms with Crippen molar-refractivity contribution in [2.45, 2.75) is 12.5 Å². The first-order valence-corrected chi connectivity index (χ1v) is 9.40. The first-order valence-electron chi connectivity index (χ1n) is 8.59. The van der Waals surface area contributed by atoms with E-state index >= 15 is 0 Å². The highest BCUT2D eigenvalue weighted by molar-refractivity contribution is 8.18. The number of Topliss-reactive ketones (excluding diaryl/α,β-unsaturated/α-hetero) is 1. The average molecular weight is 378 g/mol. The molecule has 0 aliphatic carbocycles. The molecule has 0 radical (unpaired) electrons. The van der Waals surface area contributed by atoms with Crippen molar-refractivity contribution >= 4 is 40.3 Å². The predicted molar refractivity (Wildman–Crippen MR) is 107 cm³/mol. The van der Waals surface area contributed by atoms with Gasteiger partial charge in [-0.2, -0.15) is 0 Å². The number of hydrogen-bond donors (Lipinski definition) is 0. The van der Waals surface area contributed by atoms with Gasteiger partial charge in [-0.05, 0) is 61.3 Å². The molecule has 2 aliphatic heterocycles. The number of carbonyl (C=O) groups is 2. The van der Waals surface area contributed by atoms with Crippen molar-refractivity contribution in [2.75, 3.05) is 14.1 Å². The largest absolute Gasteiger partial charge is 0.443 e. The van der Waals surface area contributed by atoms with Gasteiger partial charge in [-0.15, -0.1) is 0 Å². The van der Waals surface area contributed by atoms with Crippen molar-refractivity contribution < 1.29 is 14.3 Å². The zero-order chi connectivity index (χ0) is 19.0. The molecule has 0 aromatic heterocycles. The summed E-state index contributed by atoms with van der Waals surface area (Å²) < 4.78 is 5.87. The van der Waals surface area contributed by atoms with Crippen LogP contribution < -0.4 is 4.74 Å². The van der Waals surface area contributed by atoms with Gasteiger partial charge in [0.15, 0.2) is 11.7 Å². The standard InChI is InChI=1S/C21H18N2O3S/c1-23(2)19-20(24)17(27-21(19)25)11-13-7-9-15(10-8-13)26-18-12-14-5-3-4-6-16(14)22-18/h3-11,19H,12H2,1-2H3/b17-11-. The van der Waals surface area contributed by atoms with E-state index in [2.05, 4.69) is 4.99 Å². The molecular weight excluding hydrogens is 360 g/mol. The van der Waals surface area contributed by atoms with E-state index in [0.29, 0.717) is 23.0 Å². The van der Waals surface area contributed by atoms with E-state index in [9.17, 15) is 9.59 Å². The Kier molecular flexibility index (Phi) is 4.68. The smallest absolute Gasteiger partial charge is 0.218 e. The first kappa shape index (κ1) is 17.7. The van der Waals surface area contributed by atoms with Crippen molar-refractivity contribution in [2.24, 2.45) is 4.99 Å². The topological polar surface area (TPSA) is 59.0 Å². The molecule has 1 saturated heterocycles. The molecule has 2 aromatic carbocycles. The second-order valence-electron chi connectivity index (χ2n) is 6.64. The van der Waals surface area contributed by atoms with Crippen molar-refractivity contribution in [1.29, 1.82) is 0 Å². The van der Waals surface area contributed by atoms with Crippen molar-refractivity contribution in [1.82, 2.24) is 4.90 Å². The number of likely N-dealkylation sites (N-methyl/N-ethyl adjacent to an activating group) is 1. The van der Waals surface area contributed by atoms with E-state index < -0.39 is 6.04 Å². The lowest BCUT2D eigenvalue weighted by molar-refractivity contribution is -0.125. The fraction of sp³-hybridized carbons (Fsp3) is 0.190. The van der Waals surface area contributed by atoms with Crippen LogP contribution in [0.5, 0.6) is 5.75 Å². The fourth-order valence-corrected chi connectivity index (χ4v) is 4.14.